The van der Waals surface area contributed by atoms with Crippen LogP contribution in [0.4, 0.5) is 0 Å². The van der Waals surface area contributed by atoms with Gasteiger partial charge in [-0.2, -0.15) is 0 Å². The number of nitrogens with zero attached hydrogens (tertiary/aromatic N) is 5. The van der Waals surface area contributed by atoms with Gasteiger partial charge in [0.05, 0.1) is 19.3 Å². The maximum atomic E-state index is 6.16. The van der Waals surface area contributed by atoms with Gasteiger partial charge in [-0.25, -0.2) is 0 Å². The summed E-state index contributed by atoms with van der Waals surface area (Å²) >= 11 is 0. The van der Waals surface area contributed by atoms with Gasteiger partial charge in [0.25, 0.3) is 0 Å². The third-order valence-corrected chi connectivity index (χ3v) is 5.78. The molecule has 0 N–H and O–H groups in total. The van der Waals surface area contributed by atoms with E-state index in [9.17, 15) is 0 Å². The summed E-state index contributed by atoms with van der Waals surface area (Å²) in [5.74, 6) is 2.79. The van der Waals surface area contributed by atoms with Gasteiger partial charge in [0.15, 0.2) is 0 Å². The van der Waals surface area contributed by atoms with Crippen LogP contribution in [-0.4, -0.2) is 70.0 Å². The van der Waals surface area contributed by atoms with Gasteiger partial charge in [-0.05, 0) is 25.7 Å². The lowest BCUT2D eigenvalue weighted by molar-refractivity contribution is -0.0183. The lowest BCUT2D eigenvalue weighted by Crippen LogP contribution is -2.47. The molecular formula is C18H33N5O. The van der Waals surface area contributed by atoms with Crippen LogP contribution in [0.3, 0.4) is 0 Å². The molecule has 24 heavy (non-hydrogen) atoms. The minimum Gasteiger partial charge on any atom is -0.377 e. The number of hydrogen-bond acceptors (Lipinski definition) is 5. The molecule has 1 aromatic heterocycles. The van der Waals surface area contributed by atoms with Gasteiger partial charge in [0.1, 0.15) is 11.6 Å². The summed E-state index contributed by atoms with van der Waals surface area (Å²) in [6.07, 6.45) is 5.82. The normalized spacial score (nSPS) is 26.8. The molecule has 0 bridgehead atoms. The van der Waals surface area contributed by atoms with E-state index in [2.05, 4.69) is 31.5 Å². The van der Waals surface area contributed by atoms with E-state index in [1.807, 2.05) is 14.0 Å². The third kappa shape index (κ3) is 4.55. The van der Waals surface area contributed by atoms with Gasteiger partial charge in [0.2, 0.25) is 0 Å². The van der Waals surface area contributed by atoms with E-state index >= 15 is 0 Å². The molecule has 1 saturated heterocycles. The topological polar surface area (TPSA) is 46.4 Å². The summed E-state index contributed by atoms with van der Waals surface area (Å²) < 4.78 is 8.25. The molecule has 6 nitrogen and oxygen atoms in total. The van der Waals surface area contributed by atoms with Crippen LogP contribution in [0.5, 0.6) is 0 Å². The molecule has 3 rings (SSSR count). The predicted molar refractivity (Wildman–Crippen MR) is 94.8 cm³/mol. The molecule has 1 saturated carbocycles. The number of ether oxygens (including phenoxy) is 1. The molecule has 0 amide bonds. The number of rotatable bonds is 6. The average molecular weight is 335 g/mol. The van der Waals surface area contributed by atoms with Crippen molar-refractivity contribution in [3.63, 3.8) is 0 Å². The molecule has 2 aliphatic rings. The largest absolute Gasteiger partial charge is 0.377 e. The van der Waals surface area contributed by atoms with Gasteiger partial charge in [-0.1, -0.05) is 19.8 Å². The van der Waals surface area contributed by atoms with Crippen molar-refractivity contribution in [3.8, 4) is 0 Å². The van der Waals surface area contributed by atoms with E-state index < -0.39 is 0 Å². The zero-order valence-corrected chi connectivity index (χ0v) is 15.6. The van der Waals surface area contributed by atoms with Gasteiger partial charge in [0, 0.05) is 39.8 Å². The zero-order chi connectivity index (χ0) is 16.9. The van der Waals surface area contributed by atoms with E-state index in [-0.39, 0.29) is 0 Å². The second-order valence-corrected chi connectivity index (χ2v) is 7.51. The fourth-order valence-corrected chi connectivity index (χ4v) is 3.82. The number of hydrogen-bond donors (Lipinski definition) is 0. The van der Waals surface area contributed by atoms with Crippen LogP contribution in [0.25, 0.3) is 0 Å². The second-order valence-electron chi connectivity index (χ2n) is 7.51. The van der Waals surface area contributed by atoms with Gasteiger partial charge in [-0.15, -0.1) is 10.2 Å². The molecule has 2 fully saturated rings. The van der Waals surface area contributed by atoms with E-state index in [0.29, 0.717) is 6.10 Å². The minimum absolute atomic E-state index is 0.499. The fraction of sp³-hybridized carbons (Fsp3) is 0.889. The highest BCUT2D eigenvalue weighted by Gasteiger charge is 2.23. The van der Waals surface area contributed by atoms with Crippen molar-refractivity contribution < 1.29 is 4.74 Å². The highest BCUT2D eigenvalue weighted by molar-refractivity contribution is 4.93. The third-order valence-electron chi connectivity index (χ3n) is 5.78. The van der Waals surface area contributed by atoms with Crippen LogP contribution in [0, 0.1) is 12.8 Å². The van der Waals surface area contributed by atoms with Crippen molar-refractivity contribution in [2.75, 3.05) is 39.3 Å². The Balaban J connectivity index is 1.34. The average Bonchev–Trinajstić information content (AvgIpc) is 2.90. The highest BCUT2D eigenvalue weighted by atomic mass is 16.5. The number of piperazine rings is 1. The highest BCUT2D eigenvalue weighted by Crippen LogP contribution is 2.26. The Bertz CT molecular complexity index is 510. The lowest BCUT2D eigenvalue weighted by atomic mass is 9.88. The van der Waals surface area contributed by atoms with Crippen molar-refractivity contribution in [2.45, 2.75) is 52.2 Å². The quantitative estimate of drug-likeness (QED) is 0.794. The predicted octanol–water partition coefficient (Wildman–Crippen LogP) is 1.84. The Morgan fingerprint density at radius 1 is 1.04 bits per heavy atom. The van der Waals surface area contributed by atoms with Crippen LogP contribution >= 0.6 is 0 Å². The lowest BCUT2D eigenvalue weighted by Gasteiger charge is -2.35. The number of aromatic nitrogens is 3. The Morgan fingerprint density at radius 2 is 1.75 bits per heavy atom. The van der Waals surface area contributed by atoms with Crippen molar-refractivity contribution in [1.82, 2.24) is 24.6 Å². The van der Waals surface area contributed by atoms with Gasteiger partial charge < -0.3 is 9.30 Å². The monoisotopic (exact) mass is 335 g/mol. The van der Waals surface area contributed by atoms with Crippen molar-refractivity contribution in [1.29, 1.82) is 0 Å². The maximum absolute atomic E-state index is 6.16. The first-order chi connectivity index (χ1) is 11.6. The number of aryl methyl sites for hydroxylation is 1. The molecule has 1 aliphatic heterocycles. The summed E-state index contributed by atoms with van der Waals surface area (Å²) in [6.45, 7) is 11.7. The summed E-state index contributed by atoms with van der Waals surface area (Å²) in [6, 6.07) is 0. The molecule has 136 valence electrons. The van der Waals surface area contributed by atoms with Crippen LogP contribution in [-0.2, 0) is 18.3 Å². The van der Waals surface area contributed by atoms with Crippen LogP contribution < -0.4 is 0 Å². The van der Waals surface area contributed by atoms with E-state index in [4.69, 9.17) is 4.74 Å². The fourth-order valence-electron chi connectivity index (χ4n) is 3.82. The molecule has 2 atom stereocenters. The van der Waals surface area contributed by atoms with E-state index in [1.54, 1.807) is 0 Å². The van der Waals surface area contributed by atoms with Crippen LogP contribution in [0.15, 0.2) is 0 Å². The molecule has 0 radical (unpaired) electrons. The SMILES string of the molecule is Cc1nnc(CN2CCN(CCO[C@H]3CCCC[C@H]3C)CC2)n1C. The Labute approximate surface area is 146 Å². The van der Waals surface area contributed by atoms with Crippen molar-refractivity contribution in [2.24, 2.45) is 13.0 Å². The standard InChI is InChI=1S/C18H33N5O/c1-15-6-4-5-7-17(15)24-13-12-22-8-10-23(11-9-22)14-18-20-19-16(2)21(18)3/h15,17H,4-14H2,1-3H3/t15-,17+/m1/s1. The van der Waals surface area contributed by atoms with E-state index in [0.717, 1.165) is 63.4 Å². The van der Waals surface area contributed by atoms with Gasteiger partial charge >= 0.3 is 0 Å². The summed E-state index contributed by atoms with van der Waals surface area (Å²) in [5.41, 5.74) is 0. The summed E-state index contributed by atoms with van der Waals surface area (Å²) in [5, 5.41) is 8.42. The Hall–Kier alpha value is -0.980. The summed E-state index contributed by atoms with van der Waals surface area (Å²) in [7, 11) is 2.05. The van der Waals surface area contributed by atoms with Crippen LogP contribution in [0.2, 0.25) is 0 Å². The molecule has 2 heterocycles. The van der Waals surface area contributed by atoms with Crippen molar-refractivity contribution >= 4 is 0 Å². The summed E-state index contributed by atoms with van der Waals surface area (Å²) in [4.78, 5) is 5.01. The molecule has 0 aromatic carbocycles. The van der Waals surface area contributed by atoms with Gasteiger partial charge in [-0.3, -0.25) is 9.80 Å². The Morgan fingerprint density at radius 3 is 2.42 bits per heavy atom. The molecule has 1 aliphatic carbocycles. The molecule has 0 unspecified atom stereocenters. The smallest absolute Gasteiger partial charge is 0.146 e. The Kier molecular flexibility index (Phi) is 6.25. The maximum Gasteiger partial charge on any atom is 0.146 e. The second kappa shape index (κ2) is 8.41. The first-order valence-electron chi connectivity index (χ1n) is 9.54. The minimum atomic E-state index is 0.499. The molecule has 6 heteroatoms. The van der Waals surface area contributed by atoms with Crippen molar-refractivity contribution in [3.05, 3.63) is 11.6 Å². The molecule has 0 spiro atoms. The first kappa shape index (κ1) is 17.8. The molecule has 1 aromatic rings. The molecular weight excluding hydrogens is 302 g/mol. The zero-order valence-electron chi connectivity index (χ0n) is 15.6. The van der Waals surface area contributed by atoms with Crippen LogP contribution in [0.1, 0.15) is 44.3 Å². The first-order valence-corrected chi connectivity index (χ1v) is 9.54. The van der Waals surface area contributed by atoms with E-state index in [1.165, 1.54) is 25.7 Å².